The molecule has 0 saturated heterocycles. The van der Waals surface area contributed by atoms with Crippen LogP contribution in [0.15, 0.2) is 23.6 Å². The van der Waals surface area contributed by atoms with Gasteiger partial charge in [-0.1, -0.05) is 19.1 Å². The molecule has 2 heterocycles. The van der Waals surface area contributed by atoms with Gasteiger partial charge in [-0.2, -0.15) is 0 Å². The summed E-state index contributed by atoms with van der Waals surface area (Å²) in [5, 5.41) is 2.25. The summed E-state index contributed by atoms with van der Waals surface area (Å²) < 4.78 is 10.3. The number of amides is 1. The number of methoxy groups -OCH3 is 1. The highest BCUT2D eigenvalue weighted by Crippen LogP contribution is 2.32. The van der Waals surface area contributed by atoms with E-state index in [2.05, 4.69) is 9.97 Å². The lowest BCUT2D eigenvalue weighted by Gasteiger charge is -2.21. The molecule has 0 fully saturated rings. The zero-order valence-electron chi connectivity index (χ0n) is 19.6. The molecule has 9 heteroatoms. The number of rotatable bonds is 7. The number of esters is 2. The summed E-state index contributed by atoms with van der Waals surface area (Å²) >= 11 is 1.30. The lowest BCUT2D eigenvalue weighted by atomic mass is 10.1. The maximum Gasteiger partial charge on any atom is 0.355 e. The van der Waals surface area contributed by atoms with E-state index >= 15 is 0 Å². The molecule has 0 atom stereocenters. The number of hydrogen-bond acceptors (Lipinski definition) is 7. The third-order valence-corrected chi connectivity index (χ3v) is 6.36. The van der Waals surface area contributed by atoms with Crippen molar-refractivity contribution in [1.82, 2.24) is 9.97 Å². The number of anilines is 2. The van der Waals surface area contributed by atoms with E-state index in [0.29, 0.717) is 34.1 Å². The number of thiazole rings is 1. The summed E-state index contributed by atoms with van der Waals surface area (Å²) in [5.74, 6) is -1.25. The van der Waals surface area contributed by atoms with Crippen molar-refractivity contribution in [1.29, 1.82) is 0 Å². The third-order valence-electron chi connectivity index (χ3n) is 5.49. The first-order valence-electron chi connectivity index (χ1n) is 10.5. The van der Waals surface area contributed by atoms with Crippen molar-refractivity contribution >= 4 is 40.0 Å². The van der Waals surface area contributed by atoms with Gasteiger partial charge in [0.2, 0.25) is 5.91 Å². The average molecular weight is 470 g/mol. The number of benzene rings is 1. The van der Waals surface area contributed by atoms with Crippen LogP contribution in [0, 0.1) is 20.8 Å². The largest absolute Gasteiger partial charge is 0.465 e. The van der Waals surface area contributed by atoms with Crippen molar-refractivity contribution in [2.75, 3.05) is 12.0 Å². The predicted octanol–water partition coefficient (Wildman–Crippen LogP) is 4.79. The van der Waals surface area contributed by atoms with Crippen LogP contribution in [-0.2, 0) is 27.3 Å². The van der Waals surface area contributed by atoms with Crippen LogP contribution in [0.1, 0.15) is 62.8 Å². The van der Waals surface area contributed by atoms with E-state index in [1.807, 2.05) is 39.0 Å². The van der Waals surface area contributed by atoms with Crippen LogP contribution >= 0.6 is 11.3 Å². The number of aryl methyl sites for hydroxylation is 2. The van der Waals surface area contributed by atoms with Crippen molar-refractivity contribution in [3.8, 4) is 0 Å². The summed E-state index contributed by atoms with van der Waals surface area (Å²) in [6.07, 6.45) is 0.535. The van der Waals surface area contributed by atoms with E-state index in [-0.39, 0.29) is 18.2 Å². The van der Waals surface area contributed by atoms with Gasteiger partial charge in [-0.05, 0) is 49.9 Å². The molecule has 0 aliphatic heterocycles. The molecule has 1 amide bonds. The van der Waals surface area contributed by atoms with E-state index in [1.165, 1.54) is 25.4 Å². The second-order valence-corrected chi connectivity index (χ2v) is 8.43. The minimum atomic E-state index is -0.593. The van der Waals surface area contributed by atoms with Crippen molar-refractivity contribution in [2.24, 2.45) is 0 Å². The second-order valence-electron chi connectivity index (χ2n) is 7.59. The summed E-state index contributed by atoms with van der Waals surface area (Å²) in [6, 6.07) is 5.76. The lowest BCUT2D eigenvalue weighted by Crippen LogP contribution is -2.23. The Kier molecular flexibility index (Phi) is 7.33. The van der Waals surface area contributed by atoms with Gasteiger partial charge < -0.3 is 14.5 Å². The normalized spacial score (nSPS) is 10.7. The molecule has 1 aromatic carbocycles. The second kappa shape index (κ2) is 9.99. The number of ether oxygens (including phenoxy) is 2. The minimum Gasteiger partial charge on any atom is -0.465 e. The summed E-state index contributed by atoms with van der Waals surface area (Å²) in [4.78, 5) is 46.2. The van der Waals surface area contributed by atoms with Crippen LogP contribution in [0.3, 0.4) is 0 Å². The summed E-state index contributed by atoms with van der Waals surface area (Å²) in [6.45, 7) is 8.92. The Morgan fingerprint density at radius 1 is 1.12 bits per heavy atom. The molecule has 0 aliphatic carbocycles. The summed E-state index contributed by atoms with van der Waals surface area (Å²) in [7, 11) is 1.30. The van der Waals surface area contributed by atoms with Crippen LogP contribution in [0.5, 0.6) is 0 Å². The van der Waals surface area contributed by atoms with Crippen LogP contribution in [-0.4, -0.2) is 34.9 Å². The molecule has 3 aromatic rings. The average Bonchev–Trinajstić information content (AvgIpc) is 3.38. The molecule has 0 spiro atoms. The fraction of sp³-hybridized carbons (Fsp3) is 0.333. The van der Waals surface area contributed by atoms with Crippen molar-refractivity contribution in [3.63, 3.8) is 0 Å². The monoisotopic (exact) mass is 469 g/mol. The number of hydrogen-bond donors (Lipinski definition) is 1. The zero-order chi connectivity index (χ0) is 24.3. The Hall–Kier alpha value is -3.46. The Labute approximate surface area is 196 Å². The van der Waals surface area contributed by atoms with E-state index in [4.69, 9.17) is 9.47 Å². The Bertz CT molecular complexity index is 1210. The van der Waals surface area contributed by atoms with Crippen molar-refractivity contribution < 1.29 is 23.9 Å². The SMILES string of the molecule is CCc1[nH]c(C(=O)OCc2csc(N(C(C)=O)c3cccc(C)c3C)n2)c(C)c1C(=O)OC. The maximum atomic E-state index is 12.7. The molecule has 0 bridgehead atoms. The number of nitrogens with zero attached hydrogens (tertiary/aromatic N) is 2. The lowest BCUT2D eigenvalue weighted by molar-refractivity contribution is -0.115. The van der Waals surface area contributed by atoms with Gasteiger partial charge in [-0.3, -0.25) is 9.69 Å². The topological polar surface area (TPSA) is 102 Å². The van der Waals surface area contributed by atoms with Gasteiger partial charge in [0.25, 0.3) is 0 Å². The fourth-order valence-electron chi connectivity index (χ4n) is 3.57. The van der Waals surface area contributed by atoms with Crippen LogP contribution < -0.4 is 4.90 Å². The Balaban J connectivity index is 1.79. The van der Waals surface area contributed by atoms with Gasteiger partial charge in [0.15, 0.2) is 5.13 Å². The van der Waals surface area contributed by atoms with Gasteiger partial charge in [0.05, 0.1) is 24.1 Å². The number of carbonyl (C=O) groups is 3. The highest BCUT2D eigenvalue weighted by Gasteiger charge is 2.25. The first-order valence-corrected chi connectivity index (χ1v) is 11.4. The number of aromatic amines is 1. The molecule has 2 aromatic heterocycles. The van der Waals surface area contributed by atoms with Crippen LogP contribution in [0.4, 0.5) is 10.8 Å². The minimum absolute atomic E-state index is 0.0681. The molecule has 3 rings (SSSR count). The number of carbonyl (C=O) groups excluding carboxylic acids is 3. The first-order chi connectivity index (χ1) is 15.7. The molecule has 0 radical (unpaired) electrons. The molecule has 0 saturated carbocycles. The third kappa shape index (κ3) is 4.83. The smallest absolute Gasteiger partial charge is 0.355 e. The van der Waals surface area contributed by atoms with Crippen LogP contribution in [0.2, 0.25) is 0 Å². The maximum absolute atomic E-state index is 12.7. The predicted molar refractivity (Wildman–Crippen MR) is 126 cm³/mol. The van der Waals surface area contributed by atoms with Gasteiger partial charge in [-0.25, -0.2) is 14.6 Å². The molecule has 8 nitrogen and oxygen atoms in total. The number of aromatic nitrogens is 2. The quantitative estimate of drug-likeness (QED) is 0.500. The molecule has 33 heavy (non-hydrogen) atoms. The van der Waals surface area contributed by atoms with E-state index < -0.39 is 11.9 Å². The van der Waals surface area contributed by atoms with Gasteiger partial charge >= 0.3 is 11.9 Å². The van der Waals surface area contributed by atoms with Gasteiger partial charge in [0, 0.05) is 18.0 Å². The molecule has 0 aliphatic rings. The molecule has 1 N–H and O–H groups in total. The standard InChI is InChI=1S/C24H27N3O5S/c1-7-18-20(22(29)31-6)15(4)21(26-18)23(30)32-11-17-12-33-24(25-17)27(16(5)28)19-10-8-9-13(2)14(19)3/h8-10,12,26H,7,11H2,1-6H3. The van der Waals surface area contributed by atoms with Crippen molar-refractivity contribution in [2.45, 2.75) is 47.6 Å². The highest BCUT2D eigenvalue weighted by atomic mass is 32.1. The first kappa shape index (κ1) is 24.2. The van der Waals surface area contributed by atoms with Crippen LogP contribution in [0.25, 0.3) is 0 Å². The fourth-order valence-corrected chi connectivity index (χ4v) is 4.43. The van der Waals surface area contributed by atoms with E-state index in [1.54, 1.807) is 17.2 Å². The molecule has 174 valence electrons. The number of H-pyrrole nitrogens is 1. The molecule has 0 unspecified atom stereocenters. The zero-order valence-corrected chi connectivity index (χ0v) is 20.4. The van der Waals surface area contributed by atoms with Crippen molar-refractivity contribution in [3.05, 3.63) is 62.9 Å². The molecular weight excluding hydrogens is 442 g/mol. The highest BCUT2D eigenvalue weighted by molar-refractivity contribution is 7.14. The van der Waals surface area contributed by atoms with E-state index in [0.717, 1.165) is 16.8 Å². The molecular formula is C24H27N3O5S. The number of nitrogens with one attached hydrogen (secondary N) is 1. The Morgan fingerprint density at radius 3 is 2.48 bits per heavy atom. The summed E-state index contributed by atoms with van der Waals surface area (Å²) in [5.41, 5.74) is 5.03. The van der Waals surface area contributed by atoms with E-state index in [9.17, 15) is 14.4 Å². The van der Waals surface area contributed by atoms with Gasteiger partial charge in [-0.15, -0.1) is 11.3 Å². The van der Waals surface area contributed by atoms with Gasteiger partial charge in [0.1, 0.15) is 12.3 Å². The Morgan fingerprint density at radius 2 is 1.85 bits per heavy atom.